The third kappa shape index (κ3) is 3.79. The first-order valence-corrected chi connectivity index (χ1v) is 8.57. The molecule has 0 amide bonds. The summed E-state index contributed by atoms with van der Waals surface area (Å²) in [4.78, 5) is 21.5. The third-order valence-electron chi connectivity index (χ3n) is 4.37. The summed E-state index contributed by atoms with van der Waals surface area (Å²) in [5.41, 5.74) is 5.76. The van der Waals surface area contributed by atoms with Gasteiger partial charge in [0.05, 0.1) is 5.69 Å². The molecule has 0 radical (unpaired) electrons. The molecule has 2 aromatic rings. The van der Waals surface area contributed by atoms with E-state index < -0.39 is 11.4 Å². The quantitative estimate of drug-likeness (QED) is 0.728. The van der Waals surface area contributed by atoms with Gasteiger partial charge in [-0.05, 0) is 30.9 Å². The van der Waals surface area contributed by atoms with Crippen LogP contribution in [0.4, 0.5) is 21.8 Å². The van der Waals surface area contributed by atoms with Crippen LogP contribution < -0.4 is 21.5 Å². The normalized spacial score (nSPS) is 15.2. The molecule has 1 aliphatic rings. The first-order valence-electron chi connectivity index (χ1n) is 8.16. The van der Waals surface area contributed by atoms with Gasteiger partial charge >= 0.3 is 0 Å². The number of anilines is 3. The molecular weight excluding hydrogens is 341 g/mol. The summed E-state index contributed by atoms with van der Waals surface area (Å²) in [6.45, 7) is 3.85. The lowest BCUT2D eigenvalue weighted by atomic mass is 10.00. The van der Waals surface area contributed by atoms with Gasteiger partial charge < -0.3 is 16.0 Å². The zero-order valence-corrected chi connectivity index (χ0v) is 14.7. The number of nitrogens with zero attached hydrogens (tertiary/aromatic N) is 2. The largest absolute Gasteiger partial charge is 0.383 e. The molecule has 1 aromatic carbocycles. The van der Waals surface area contributed by atoms with Gasteiger partial charge in [0, 0.05) is 13.1 Å². The fourth-order valence-corrected chi connectivity index (χ4v) is 3.12. The van der Waals surface area contributed by atoms with Gasteiger partial charge in [0.25, 0.3) is 5.56 Å². The molecule has 0 bridgehead atoms. The Morgan fingerprint density at radius 3 is 2.72 bits per heavy atom. The van der Waals surface area contributed by atoms with Gasteiger partial charge in [-0.25, -0.2) is 4.39 Å². The van der Waals surface area contributed by atoms with E-state index >= 15 is 0 Å². The van der Waals surface area contributed by atoms with Crippen molar-refractivity contribution in [3.8, 4) is 0 Å². The van der Waals surface area contributed by atoms with Gasteiger partial charge in [0.2, 0.25) is 5.95 Å². The number of hydrogen-bond acceptors (Lipinski definition) is 5. The number of benzene rings is 1. The van der Waals surface area contributed by atoms with Crippen LogP contribution >= 0.6 is 12.2 Å². The number of hydrogen-bond donors (Lipinski definition) is 3. The molecule has 1 aliphatic heterocycles. The van der Waals surface area contributed by atoms with Crippen molar-refractivity contribution in [3.05, 3.63) is 46.0 Å². The van der Waals surface area contributed by atoms with E-state index in [1.54, 1.807) is 12.1 Å². The van der Waals surface area contributed by atoms with Gasteiger partial charge in [0.15, 0.2) is 0 Å². The van der Waals surface area contributed by atoms with Crippen LogP contribution in [0.3, 0.4) is 0 Å². The average molecular weight is 361 g/mol. The van der Waals surface area contributed by atoms with Gasteiger partial charge in [-0.3, -0.25) is 9.78 Å². The van der Waals surface area contributed by atoms with Gasteiger partial charge in [-0.2, -0.15) is 4.98 Å². The van der Waals surface area contributed by atoms with Gasteiger partial charge in [0.1, 0.15) is 22.2 Å². The molecule has 4 N–H and O–H groups in total. The maximum Gasteiger partial charge on any atom is 0.264 e. The lowest BCUT2D eigenvalue weighted by Crippen LogP contribution is -2.36. The fourth-order valence-electron chi connectivity index (χ4n) is 2.82. The molecule has 25 heavy (non-hydrogen) atoms. The zero-order chi connectivity index (χ0) is 18.0. The Morgan fingerprint density at radius 1 is 1.40 bits per heavy atom. The van der Waals surface area contributed by atoms with Crippen LogP contribution in [0.25, 0.3) is 0 Å². The van der Waals surface area contributed by atoms with Crippen LogP contribution in [0.2, 0.25) is 0 Å². The molecule has 3 rings (SSSR count). The van der Waals surface area contributed by atoms with Crippen LogP contribution in [-0.4, -0.2) is 28.0 Å². The summed E-state index contributed by atoms with van der Waals surface area (Å²) in [5.74, 6) is 0.682. The Labute approximate surface area is 150 Å². The molecule has 132 valence electrons. The topological polar surface area (TPSA) is 87.0 Å². The number of nitrogen functional groups attached to an aromatic ring is 1. The number of aromatic amines is 1. The van der Waals surface area contributed by atoms with Crippen molar-refractivity contribution in [3.63, 3.8) is 0 Å². The molecule has 0 saturated carbocycles. The number of rotatable bonds is 3. The van der Waals surface area contributed by atoms with E-state index in [2.05, 4.69) is 22.2 Å². The highest BCUT2D eigenvalue weighted by molar-refractivity contribution is 7.81. The molecule has 1 saturated heterocycles. The third-order valence-corrected chi connectivity index (χ3v) is 4.67. The van der Waals surface area contributed by atoms with Crippen LogP contribution in [-0.2, 0) is 0 Å². The summed E-state index contributed by atoms with van der Waals surface area (Å²) in [5, 5.41) is 2.72. The lowest BCUT2D eigenvalue weighted by Gasteiger charge is -2.30. The Bertz CT molecular complexity index is 845. The monoisotopic (exact) mass is 361 g/mol. The van der Waals surface area contributed by atoms with Crippen molar-refractivity contribution in [2.45, 2.75) is 19.8 Å². The van der Waals surface area contributed by atoms with Crippen LogP contribution in [0.1, 0.15) is 25.3 Å². The van der Waals surface area contributed by atoms with Crippen molar-refractivity contribution in [2.24, 2.45) is 5.92 Å². The fraction of sp³-hybridized carbons (Fsp3) is 0.353. The first kappa shape index (κ1) is 17.3. The summed E-state index contributed by atoms with van der Waals surface area (Å²) in [6.07, 6.45) is 2.08. The highest BCUT2D eigenvalue weighted by atomic mass is 32.1. The van der Waals surface area contributed by atoms with E-state index in [4.69, 9.17) is 18.0 Å². The van der Waals surface area contributed by atoms with E-state index in [1.165, 1.54) is 12.1 Å². The molecular formula is C17H20FN5OS. The summed E-state index contributed by atoms with van der Waals surface area (Å²) >= 11 is 5.22. The number of piperidine rings is 1. The average Bonchev–Trinajstić information content (AvgIpc) is 2.57. The predicted molar refractivity (Wildman–Crippen MR) is 102 cm³/mol. The van der Waals surface area contributed by atoms with Crippen molar-refractivity contribution >= 4 is 34.7 Å². The Balaban J connectivity index is 1.84. The molecule has 0 atom stereocenters. The van der Waals surface area contributed by atoms with Crippen molar-refractivity contribution < 1.29 is 4.39 Å². The second-order valence-corrected chi connectivity index (χ2v) is 6.66. The minimum Gasteiger partial charge on any atom is -0.383 e. The lowest BCUT2D eigenvalue weighted by molar-refractivity contribution is 0.434. The molecule has 0 spiro atoms. The van der Waals surface area contributed by atoms with E-state index in [0.717, 1.165) is 25.9 Å². The van der Waals surface area contributed by atoms with E-state index in [-0.39, 0.29) is 22.1 Å². The smallest absolute Gasteiger partial charge is 0.264 e. The second-order valence-electron chi connectivity index (χ2n) is 6.25. The molecule has 2 heterocycles. The molecule has 1 fully saturated rings. The van der Waals surface area contributed by atoms with Crippen LogP contribution in [0, 0.1) is 11.7 Å². The first-order chi connectivity index (χ1) is 12.0. The number of halogens is 1. The SMILES string of the molecule is CC1CCN(c2nc(N)c(C(=S)Nc3ccccc3F)c(=O)[nH]2)CC1. The number of aromatic nitrogens is 2. The molecule has 0 unspecified atom stereocenters. The summed E-state index contributed by atoms with van der Waals surface area (Å²) in [6, 6.07) is 6.07. The minimum absolute atomic E-state index is 0.0335. The molecule has 6 nitrogen and oxygen atoms in total. The highest BCUT2D eigenvalue weighted by Crippen LogP contribution is 2.21. The van der Waals surface area contributed by atoms with E-state index in [0.29, 0.717) is 11.9 Å². The second kappa shape index (κ2) is 7.18. The molecule has 1 aromatic heterocycles. The predicted octanol–water partition coefficient (Wildman–Crippen LogP) is 2.52. The Morgan fingerprint density at radius 2 is 2.08 bits per heavy atom. The van der Waals surface area contributed by atoms with Crippen LogP contribution in [0.15, 0.2) is 29.1 Å². The highest BCUT2D eigenvalue weighted by Gasteiger charge is 2.21. The van der Waals surface area contributed by atoms with E-state index in [9.17, 15) is 9.18 Å². The van der Waals surface area contributed by atoms with E-state index in [1.807, 2.05) is 4.90 Å². The van der Waals surface area contributed by atoms with Gasteiger partial charge in [-0.1, -0.05) is 31.3 Å². The number of nitrogens with two attached hydrogens (primary N) is 1. The van der Waals surface area contributed by atoms with Crippen molar-refractivity contribution in [2.75, 3.05) is 29.0 Å². The number of thiocarbonyl (C=S) groups is 1. The van der Waals surface area contributed by atoms with Crippen molar-refractivity contribution in [1.82, 2.24) is 9.97 Å². The Hall–Kier alpha value is -2.48. The maximum absolute atomic E-state index is 13.7. The zero-order valence-electron chi connectivity index (χ0n) is 13.9. The number of H-pyrrole nitrogens is 1. The number of para-hydroxylation sites is 1. The molecule has 0 aliphatic carbocycles. The summed E-state index contributed by atoms with van der Waals surface area (Å²) in [7, 11) is 0. The Kier molecular flexibility index (Phi) is 4.98. The van der Waals surface area contributed by atoms with Crippen molar-refractivity contribution in [1.29, 1.82) is 0 Å². The minimum atomic E-state index is -0.466. The van der Waals surface area contributed by atoms with Gasteiger partial charge in [-0.15, -0.1) is 0 Å². The maximum atomic E-state index is 13.7. The van der Waals surface area contributed by atoms with Crippen LogP contribution in [0.5, 0.6) is 0 Å². The standard InChI is InChI=1S/C17H20FN5OS/c1-10-6-8-23(9-7-10)17-21-14(19)13(15(24)22-17)16(25)20-12-5-3-2-4-11(12)18/h2-5,10H,6-9H2,1H3,(H,20,25)(H3,19,21,22,24). The summed E-state index contributed by atoms with van der Waals surface area (Å²) < 4.78 is 13.7. The number of nitrogens with one attached hydrogen (secondary N) is 2. The molecule has 8 heteroatoms.